The molecule has 1 aliphatic rings. The van der Waals surface area contributed by atoms with Crippen LogP contribution < -0.4 is 5.32 Å². The summed E-state index contributed by atoms with van der Waals surface area (Å²) in [6.07, 6.45) is 4.38. The van der Waals surface area contributed by atoms with Gasteiger partial charge < -0.3 is 10.4 Å². The molecule has 3 heteroatoms. The highest BCUT2D eigenvalue weighted by Crippen LogP contribution is 2.35. The van der Waals surface area contributed by atoms with Crippen LogP contribution in [0, 0.1) is 0 Å². The molecule has 1 aliphatic carbocycles. The Morgan fingerprint density at radius 3 is 2.45 bits per heavy atom. The van der Waals surface area contributed by atoms with Gasteiger partial charge in [-0.25, -0.2) is 0 Å². The van der Waals surface area contributed by atoms with Crippen molar-refractivity contribution < 1.29 is 5.11 Å². The highest BCUT2D eigenvalue weighted by molar-refractivity contribution is 5.85. The largest absolute Gasteiger partial charge is 0.508 e. The summed E-state index contributed by atoms with van der Waals surface area (Å²) in [5.41, 5.74) is 7.91. The maximum absolute atomic E-state index is 10.1. The van der Waals surface area contributed by atoms with Crippen molar-refractivity contribution >= 4 is 18.0 Å². The number of aromatic hydroxyl groups is 1. The first-order valence-electron chi connectivity index (χ1n) is 10.2. The molecule has 3 aromatic rings. The van der Waals surface area contributed by atoms with E-state index in [1.54, 1.807) is 6.07 Å². The van der Waals surface area contributed by atoms with Gasteiger partial charge in [0, 0.05) is 6.54 Å². The molecule has 0 saturated heterocycles. The first kappa shape index (κ1) is 21.2. The van der Waals surface area contributed by atoms with Gasteiger partial charge in [0.25, 0.3) is 0 Å². The molecule has 29 heavy (non-hydrogen) atoms. The van der Waals surface area contributed by atoms with Crippen molar-refractivity contribution in [3.63, 3.8) is 0 Å². The topological polar surface area (TPSA) is 32.3 Å². The SMILES string of the molecule is Cl.Oc1cccc(C2=C(CNCCc3ccccc3)CCCc3ccccc32)c1. The number of aryl methyl sites for hydroxylation is 1. The third-order valence-corrected chi connectivity index (χ3v) is 5.47. The third kappa shape index (κ3) is 5.29. The van der Waals surface area contributed by atoms with Gasteiger partial charge in [-0.1, -0.05) is 66.7 Å². The van der Waals surface area contributed by atoms with E-state index in [0.717, 1.165) is 44.3 Å². The highest BCUT2D eigenvalue weighted by Gasteiger charge is 2.18. The minimum atomic E-state index is 0. The van der Waals surface area contributed by atoms with Gasteiger partial charge >= 0.3 is 0 Å². The molecule has 0 heterocycles. The van der Waals surface area contributed by atoms with E-state index in [2.05, 4.69) is 66.0 Å². The zero-order chi connectivity index (χ0) is 19.2. The molecule has 0 amide bonds. The predicted octanol–water partition coefficient (Wildman–Crippen LogP) is 5.78. The van der Waals surface area contributed by atoms with Crippen molar-refractivity contribution in [1.29, 1.82) is 0 Å². The fraction of sp³-hybridized carbons (Fsp3) is 0.231. The van der Waals surface area contributed by atoms with E-state index in [9.17, 15) is 5.11 Å². The number of rotatable bonds is 6. The van der Waals surface area contributed by atoms with Crippen LogP contribution in [0.2, 0.25) is 0 Å². The Hall–Kier alpha value is -2.55. The molecule has 3 aromatic carbocycles. The first-order chi connectivity index (χ1) is 13.8. The van der Waals surface area contributed by atoms with Crippen molar-refractivity contribution in [1.82, 2.24) is 5.32 Å². The minimum Gasteiger partial charge on any atom is -0.508 e. The number of fused-ring (bicyclic) bond motifs is 1. The molecule has 0 spiro atoms. The Morgan fingerprint density at radius 1 is 0.828 bits per heavy atom. The average Bonchev–Trinajstić information content (AvgIpc) is 2.91. The van der Waals surface area contributed by atoms with Gasteiger partial charge in [0.1, 0.15) is 5.75 Å². The van der Waals surface area contributed by atoms with Gasteiger partial charge in [-0.05, 0) is 77.8 Å². The summed E-state index contributed by atoms with van der Waals surface area (Å²) in [6.45, 7) is 1.84. The molecule has 0 radical (unpaired) electrons. The van der Waals surface area contributed by atoms with Gasteiger partial charge in [-0.2, -0.15) is 0 Å². The predicted molar refractivity (Wildman–Crippen MR) is 124 cm³/mol. The Bertz CT molecular complexity index is 965. The lowest BCUT2D eigenvalue weighted by atomic mass is 9.90. The quantitative estimate of drug-likeness (QED) is 0.509. The van der Waals surface area contributed by atoms with E-state index in [-0.39, 0.29) is 12.4 Å². The van der Waals surface area contributed by atoms with E-state index >= 15 is 0 Å². The molecule has 150 valence electrons. The smallest absolute Gasteiger partial charge is 0.116 e. The lowest BCUT2D eigenvalue weighted by molar-refractivity contribution is 0.475. The molecular formula is C26H28ClNO. The van der Waals surface area contributed by atoms with E-state index in [1.165, 1.54) is 27.8 Å². The molecule has 4 rings (SSSR count). The second-order valence-corrected chi connectivity index (χ2v) is 7.45. The van der Waals surface area contributed by atoms with Crippen molar-refractivity contribution in [3.05, 3.63) is 107 Å². The third-order valence-electron chi connectivity index (χ3n) is 5.47. The summed E-state index contributed by atoms with van der Waals surface area (Å²) in [7, 11) is 0. The fourth-order valence-electron chi connectivity index (χ4n) is 4.10. The van der Waals surface area contributed by atoms with E-state index in [0.29, 0.717) is 5.75 Å². The second-order valence-electron chi connectivity index (χ2n) is 7.45. The van der Waals surface area contributed by atoms with Gasteiger partial charge in [0.2, 0.25) is 0 Å². The van der Waals surface area contributed by atoms with Crippen LogP contribution in [-0.4, -0.2) is 18.2 Å². The molecule has 0 atom stereocenters. The zero-order valence-corrected chi connectivity index (χ0v) is 17.4. The maximum Gasteiger partial charge on any atom is 0.116 e. The normalized spacial score (nSPS) is 13.4. The maximum atomic E-state index is 10.1. The van der Waals surface area contributed by atoms with Crippen LogP contribution in [0.3, 0.4) is 0 Å². The molecule has 0 fully saturated rings. The number of hydrogen-bond acceptors (Lipinski definition) is 2. The Morgan fingerprint density at radius 2 is 1.62 bits per heavy atom. The van der Waals surface area contributed by atoms with E-state index < -0.39 is 0 Å². The van der Waals surface area contributed by atoms with Crippen LogP contribution in [0.5, 0.6) is 5.75 Å². The Balaban J connectivity index is 0.00000240. The van der Waals surface area contributed by atoms with Crippen molar-refractivity contribution in [2.75, 3.05) is 13.1 Å². The molecule has 0 bridgehead atoms. The summed E-state index contributed by atoms with van der Waals surface area (Å²) >= 11 is 0. The minimum absolute atomic E-state index is 0. The summed E-state index contributed by atoms with van der Waals surface area (Å²) in [6, 6.07) is 27.0. The summed E-state index contributed by atoms with van der Waals surface area (Å²) in [4.78, 5) is 0. The summed E-state index contributed by atoms with van der Waals surface area (Å²) in [5.74, 6) is 0.322. The van der Waals surface area contributed by atoms with Crippen LogP contribution in [0.15, 0.2) is 84.4 Å². The molecule has 0 saturated carbocycles. The molecule has 2 nitrogen and oxygen atoms in total. The number of hydrogen-bond donors (Lipinski definition) is 2. The van der Waals surface area contributed by atoms with Gasteiger partial charge in [-0.15, -0.1) is 12.4 Å². The average molecular weight is 406 g/mol. The molecule has 0 aliphatic heterocycles. The lowest BCUT2D eigenvalue weighted by Gasteiger charge is -2.17. The van der Waals surface area contributed by atoms with E-state index in [4.69, 9.17) is 0 Å². The Kier molecular flexibility index (Phi) is 7.51. The van der Waals surface area contributed by atoms with Crippen LogP contribution in [0.1, 0.15) is 35.1 Å². The molecular weight excluding hydrogens is 378 g/mol. The number of phenols is 1. The fourth-order valence-corrected chi connectivity index (χ4v) is 4.10. The molecule has 2 N–H and O–H groups in total. The first-order valence-corrected chi connectivity index (χ1v) is 10.2. The van der Waals surface area contributed by atoms with Crippen LogP contribution in [0.25, 0.3) is 5.57 Å². The summed E-state index contributed by atoms with van der Waals surface area (Å²) < 4.78 is 0. The molecule has 0 aromatic heterocycles. The van der Waals surface area contributed by atoms with Gasteiger partial charge in [-0.3, -0.25) is 0 Å². The molecule has 0 unspecified atom stereocenters. The van der Waals surface area contributed by atoms with Crippen LogP contribution >= 0.6 is 12.4 Å². The Labute approximate surface area is 179 Å². The van der Waals surface area contributed by atoms with Gasteiger partial charge in [0.15, 0.2) is 0 Å². The monoisotopic (exact) mass is 405 g/mol. The zero-order valence-electron chi connectivity index (χ0n) is 16.6. The number of nitrogens with one attached hydrogen (secondary N) is 1. The highest BCUT2D eigenvalue weighted by atomic mass is 35.5. The van der Waals surface area contributed by atoms with Crippen LogP contribution in [0.4, 0.5) is 0 Å². The van der Waals surface area contributed by atoms with Gasteiger partial charge in [0.05, 0.1) is 0 Å². The van der Waals surface area contributed by atoms with Crippen molar-refractivity contribution in [3.8, 4) is 5.75 Å². The van der Waals surface area contributed by atoms with Crippen molar-refractivity contribution in [2.24, 2.45) is 0 Å². The summed E-state index contributed by atoms with van der Waals surface area (Å²) in [5, 5.41) is 13.7. The second kappa shape index (κ2) is 10.3. The van der Waals surface area contributed by atoms with Crippen molar-refractivity contribution in [2.45, 2.75) is 25.7 Å². The van der Waals surface area contributed by atoms with Crippen LogP contribution in [-0.2, 0) is 12.8 Å². The lowest BCUT2D eigenvalue weighted by Crippen LogP contribution is -2.21. The van der Waals surface area contributed by atoms with E-state index in [1.807, 2.05) is 12.1 Å². The number of benzene rings is 3. The number of halogens is 1. The standard InChI is InChI=1S/C26H27NO.ClH/c28-24-14-7-12-22(18-24)26-23(13-6-11-21-10-4-5-15-25(21)26)19-27-17-16-20-8-2-1-3-9-20;/h1-5,7-10,12,14-15,18,27-28H,6,11,13,16-17,19H2;1H. The number of phenolic OH excluding ortho intramolecular Hbond substituents is 1.